The lowest BCUT2D eigenvalue weighted by Gasteiger charge is -2.00. The normalized spacial score (nSPS) is 14.0. The topological polar surface area (TPSA) is 110 Å². The molecular weight excluding hydrogens is 248 g/mol. The Kier molecular flexibility index (Phi) is 8.10. The molecule has 0 aliphatic rings. The second kappa shape index (κ2) is 8.13. The molecule has 0 aromatic heterocycles. The maximum Gasteiger partial charge on any atom is 0.397 e. The van der Waals surface area contributed by atoms with Crippen LogP contribution in [0.25, 0.3) is 0 Å². The van der Waals surface area contributed by atoms with Crippen LogP contribution >= 0.6 is 0 Å². The van der Waals surface area contributed by atoms with Crippen LogP contribution in [0.15, 0.2) is 0 Å². The summed E-state index contributed by atoms with van der Waals surface area (Å²) in [6.45, 7) is 0.119. The maximum atomic E-state index is 10.1. The fraction of sp³-hybridized carbons (Fsp3) is 1.00. The van der Waals surface area contributed by atoms with Crippen LogP contribution in [0.5, 0.6) is 0 Å². The molecule has 0 rings (SSSR count). The summed E-state index contributed by atoms with van der Waals surface area (Å²) < 4.78 is 55.1. The van der Waals surface area contributed by atoms with E-state index in [9.17, 15) is 12.6 Å². The maximum absolute atomic E-state index is 10.1. The van der Waals surface area contributed by atoms with Crippen LogP contribution in [-0.2, 0) is 30.1 Å². The first-order valence-corrected chi connectivity index (χ1v) is 6.67. The Bertz CT molecular complexity index is 273. The van der Waals surface area contributed by atoms with Gasteiger partial charge in [0, 0.05) is 0 Å². The van der Waals surface area contributed by atoms with Crippen LogP contribution in [0, 0.1) is 0 Å². The van der Waals surface area contributed by atoms with Crippen molar-refractivity contribution in [2.75, 3.05) is 13.2 Å². The molecule has 7 nitrogen and oxygen atoms in total. The molecule has 1 atom stereocenters. The summed E-state index contributed by atoms with van der Waals surface area (Å²) in [5.41, 5.74) is 0. The van der Waals surface area contributed by atoms with Gasteiger partial charge in [-0.05, 0) is 12.8 Å². The van der Waals surface area contributed by atoms with Gasteiger partial charge in [-0.15, -0.1) is 0 Å². The van der Waals surface area contributed by atoms with Crippen LogP contribution < -0.4 is 0 Å². The van der Waals surface area contributed by atoms with Gasteiger partial charge in [0.15, 0.2) is 0 Å². The molecule has 0 radical (unpaired) electrons. The lowest BCUT2D eigenvalue weighted by atomic mass is 10.2. The molecule has 0 aliphatic heterocycles. The molecule has 0 bridgehead atoms. The van der Waals surface area contributed by atoms with Gasteiger partial charge in [0.25, 0.3) is 0 Å². The van der Waals surface area contributed by atoms with Crippen LogP contribution in [-0.4, -0.2) is 34.9 Å². The molecule has 1 unspecified atom stereocenters. The summed E-state index contributed by atoms with van der Waals surface area (Å²) >= 11 is -2.22. The van der Waals surface area contributed by atoms with Gasteiger partial charge >= 0.3 is 21.8 Å². The van der Waals surface area contributed by atoms with E-state index in [1.54, 1.807) is 0 Å². The Labute approximate surface area is 91.2 Å². The number of hydrogen-bond donors (Lipinski definition) is 2. The Morgan fingerprint density at radius 2 is 1.60 bits per heavy atom. The van der Waals surface area contributed by atoms with Gasteiger partial charge in [-0.3, -0.25) is 13.3 Å². The minimum Gasteiger partial charge on any atom is -0.284 e. The van der Waals surface area contributed by atoms with E-state index in [2.05, 4.69) is 8.37 Å². The molecule has 0 saturated carbocycles. The van der Waals surface area contributed by atoms with Crippen molar-refractivity contribution < 1.29 is 30.1 Å². The summed E-state index contributed by atoms with van der Waals surface area (Å²) in [4.78, 5) is 0. The van der Waals surface area contributed by atoms with Crippen molar-refractivity contribution in [1.82, 2.24) is 0 Å². The predicted molar refractivity (Wildman–Crippen MR) is 52.7 cm³/mol. The van der Waals surface area contributed by atoms with Crippen LogP contribution in [0.2, 0.25) is 0 Å². The molecular formula is C6H14O7S2. The summed E-state index contributed by atoms with van der Waals surface area (Å²) in [7, 11) is -4.33. The number of rotatable bonds is 9. The van der Waals surface area contributed by atoms with Crippen molar-refractivity contribution in [3.63, 3.8) is 0 Å². The molecule has 0 aliphatic carbocycles. The van der Waals surface area contributed by atoms with E-state index >= 15 is 0 Å². The Balaban J connectivity index is 3.16. The lowest BCUT2D eigenvalue weighted by molar-refractivity contribution is 0.257. The first-order valence-electron chi connectivity index (χ1n) is 4.28. The van der Waals surface area contributed by atoms with E-state index in [0.717, 1.165) is 6.42 Å². The van der Waals surface area contributed by atoms with Gasteiger partial charge < -0.3 is 0 Å². The fourth-order valence-corrected chi connectivity index (χ4v) is 1.44. The minimum absolute atomic E-state index is 0.0639. The van der Waals surface area contributed by atoms with Gasteiger partial charge in [0.1, 0.15) is 0 Å². The van der Waals surface area contributed by atoms with Gasteiger partial charge in [0.2, 0.25) is 0 Å². The zero-order valence-corrected chi connectivity index (χ0v) is 9.63. The highest BCUT2D eigenvalue weighted by Gasteiger charge is 2.02. The van der Waals surface area contributed by atoms with E-state index in [0.29, 0.717) is 19.3 Å². The second-order valence-corrected chi connectivity index (χ2v) is 4.46. The molecule has 0 saturated heterocycles. The average molecular weight is 262 g/mol. The van der Waals surface area contributed by atoms with Crippen molar-refractivity contribution in [2.45, 2.75) is 25.7 Å². The third-order valence-electron chi connectivity index (χ3n) is 1.46. The quantitative estimate of drug-likeness (QED) is 0.354. The van der Waals surface area contributed by atoms with Crippen molar-refractivity contribution in [3.8, 4) is 0 Å². The molecule has 9 heteroatoms. The Morgan fingerprint density at radius 1 is 1.07 bits per heavy atom. The van der Waals surface area contributed by atoms with Crippen LogP contribution in [0.1, 0.15) is 25.7 Å². The van der Waals surface area contributed by atoms with E-state index in [1.807, 2.05) is 0 Å². The van der Waals surface area contributed by atoms with Crippen molar-refractivity contribution in [2.24, 2.45) is 0 Å². The van der Waals surface area contributed by atoms with Crippen molar-refractivity contribution >= 4 is 21.8 Å². The van der Waals surface area contributed by atoms with E-state index < -0.39 is 21.8 Å². The standard InChI is InChI=1S/C6H14O7S2/c7-14(8)12-5-3-1-2-4-6-13-15(9,10)11/h1-6H2,(H,7,8)(H,9,10,11). The van der Waals surface area contributed by atoms with Gasteiger partial charge in [-0.2, -0.15) is 12.6 Å². The molecule has 0 spiro atoms. The first-order chi connectivity index (χ1) is 6.92. The number of hydrogen-bond acceptors (Lipinski definition) is 5. The monoisotopic (exact) mass is 262 g/mol. The van der Waals surface area contributed by atoms with Gasteiger partial charge in [0.05, 0.1) is 13.2 Å². The highest BCUT2D eigenvalue weighted by molar-refractivity contribution is 7.80. The molecule has 0 aromatic rings. The highest BCUT2D eigenvalue weighted by atomic mass is 32.3. The van der Waals surface area contributed by atoms with E-state index in [-0.39, 0.29) is 13.2 Å². The third-order valence-corrected chi connectivity index (χ3v) is 2.29. The largest absolute Gasteiger partial charge is 0.397 e. The minimum atomic E-state index is -4.33. The number of unbranched alkanes of at least 4 members (excludes halogenated alkanes) is 3. The smallest absolute Gasteiger partial charge is 0.284 e. The molecule has 0 fully saturated rings. The summed E-state index contributed by atoms with van der Waals surface area (Å²) in [5, 5.41) is 0. The van der Waals surface area contributed by atoms with Gasteiger partial charge in [-0.25, -0.2) is 4.18 Å². The summed E-state index contributed by atoms with van der Waals surface area (Å²) in [6, 6.07) is 0. The van der Waals surface area contributed by atoms with E-state index in [1.165, 1.54) is 0 Å². The van der Waals surface area contributed by atoms with Crippen molar-refractivity contribution in [1.29, 1.82) is 0 Å². The second-order valence-electron chi connectivity index (χ2n) is 2.70. The molecule has 0 heterocycles. The molecule has 0 aromatic carbocycles. The molecule has 92 valence electrons. The molecule has 0 amide bonds. The van der Waals surface area contributed by atoms with Crippen LogP contribution in [0.4, 0.5) is 0 Å². The average Bonchev–Trinajstić information content (AvgIpc) is 2.07. The SMILES string of the molecule is O=S(O)OCCCCCCOS(=O)(=O)O. The third kappa shape index (κ3) is 13.9. The Morgan fingerprint density at radius 3 is 2.07 bits per heavy atom. The van der Waals surface area contributed by atoms with Gasteiger partial charge in [-0.1, -0.05) is 12.8 Å². The summed E-state index contributed by atoms with van der Waals surface area (Å²) in [5.74, 6) is 0. The molecule has 15 heavy (non-hydrogen) atoms. The Hall–Kier alpha value is -0.0600. The van der Waals surface area contributed by atoms with Crippen molar-refractivity contribution in [3.05, 3.63) is 0 Å². The molecule has 2 N–H and O–H groups in total. The predicted octanol–water partition coefficient (Wildman–Crippen LogP) is 0.520. The first kappa shape index (κ1) is 14.9. The summed E-state index contributed by atoms with van der Waals surface area (Å²) in [6.07, 6.45) is 2.52. The van der Waals surface area contributed by atoms with E-state index in [4.69, 9.17) is 9.11 Å². The zero-order chi connectivity index (χ0) is 11.7. The highest BCUT2D eigenvalue weighted by Crippen LogP contribution is 2.01. The lowest BCUT2D eigenvalue weighted by Crippen LogP contribution is -2.04. The van der Waals surface area contributed by atoms with Crippen LogP contribution in [0.3, 0.4) is 0 Å². The fourth-order valence-electron chi connectivity index (χ4n) is 0.852. The zero-order valence-electron chi connectivity index (χ0n) is 7.99.